The van der Waals surface area contributed by atoms with Crippen molar-refractivity contribution in [1.29, 1.82) is 0 Å². The summed E-state index contributed by atoms with van der Waals surface area (Å²) in [4.78, 5) is 20.0. The number of nitrogens with zero attached hydrogens (tertiary/aromatic N) is 1. The van der Waals surface area contributed by atoms with Crippen molar-refractivity contribution in [3.05, 3.63) is 23.2 Å². The molecule has 1 aliphatic rings. The predicted molar refractivity (Wildman–Crippen MR) is 91.4 cm³/mol. The van der Waals surface area contributed by atoms with Crippen molar-refractivity contribution in [1.82, 2.24) is 15.3 Å². The Hall–Kier alpha value is -1.20. The monoisotopic (exact) mass is 337 g/mol. The van der Waals surface area contributed by atoms with Crippen molar-refractivity contribution in [3.8, 4) is 0 Å². The highest BCUT2D eigenvalue weighted by Gasteiger charge is 2.21. The van der Waals surface area contributed by atoms with Crippen LogP contribution in [0.15, 0.2) is 23.4 Å². The third-order valence-electron chi connectivity index (χ3n) is 4.03. The number of carbonyl (C=O) groups is 1. The summed E-state index contributed by atoms with van der Waals surface area (Å²) in [5.74, 6) is 0.0930. The van der Waals surface area contributed by atoms with Gasteiger partial charge < -0.3 is 10.3 Å². The van der Waals surface area contributed by atoms with Crippen LogP contribution in [0.5, 0.6) is 0 Å². The van der Waals surface area contributed by atoms with Gasteiger partial charge in [-0.2, -0.15) is 0 Å². The molecule has 4 nitrogen and oxygen atoms in total. The molecular formula is C16H20ClN3OS. The minimum atomic E-state index is -0.169. The van der Waals surface area contributed by atoms with Gasteiger partial charge in [0.1, 0.15) is 0 Å². The van der Waals surface area contributed by atoms with Gasteiger partial charge in [0.05, 0.1) is 16.3 Å². The van der Waals surface area contributed by atoms with E-state index < -0.39 is 0 Å². The standard InChI is InChI=1S/C16H20ClN3OS/c1-10(15(21)18-12-5-3-2-4-6-12)22-16-19-13-8-7-11(17)9-14(13)20-16/h7-10,12H,2-6H2,1H3,(H,18,21)(H,19,20)/t10-/m1/s1. The number of nitrogens with one attached hydrogen (secondary N) is 2. The van der Waals surface area contributed by atoms with Crippen LogP contribution in [0.2, 0.25) is 5.02 Å². The zero-order valence-electron chi connectivity index (χ0n) is 12.6. The second kappa shape index (κ2) is 6.92. The molecule has 0 radical (unpaired) electrons. The molecule has 0 spiro atoms. The van der Waals surface area contributed by atoms with E-state index in [1.54, 1.807) is 0 Å². The third-order valence-corrected chi connectivity index (χ3v) is 5.25. The number of thioether (sulfide) groups is 1. The zero-order valence-corrected chi connectivity index (χ0v) is 14.1. The van der Waals surface area contributed by atoms with E-state index in [0.717, 1.165) is 29.0 Å². The lowest BCUT2D eigenvalue weighted by atomic mass is 9.95. The van der Waals surface area contributed by atoms with E-state index in [1.165, 1.54) is 31.0 Å². The number of aromatic nitrogens is 2. The van der Waals surface area contributed by atoms with E-state index in [0.29, 0.717) is 11.1 Å². The fourth-order valence-electron chi connectivity index (χ4n) is 2.80. The highest BCUT2D eigenvalue weighted by atomic mass is 35.5. The number of amides is 1. The molecular weight excluding hydrogens is 318 g/mol. The Morgan fingerprint density at radius 2 is 2.18 bits per heavy atom. The molecule has 1 aromatic heterocycles. The second-order valence-corrected chi connectivity index (χ2v) is 7.57. The highest BCUT2D eigenvalue weighted by Crippen LogP contribution is 2.25. The minimum Gasteiger partial charge on any atom is -0.352 e. The predicted octanol–water partition coefficient (Wildman–Crippen LogP) is 4.15. The molecule has 1 heterocycles. The number of benzene rings is 1. The van der Waals surface area contributed by atoms with Crippen molar-refractivity contribution in [3.63, 3.8) is 0 Å². The van der Waals surface area contributed by atoms with E-state index in [9.17, 15) is 4.79 Å². The molecule has 118 valence electrons. The summed E-state index contributed by atoms with van der Waals surface area (Å²) in [5.41, 5.74) is 1.77. The molecule has 0 aliphatic heterocycles. The Morgan fingerprint density at radius 3 is 2.95 bits per heavy atom. The molecule has 2 N–H and O–H groups in total. The normalized spacial score (nSPS) is 17.5. The van der Waals surface area contributed by atoms with Crippen LogP contribution in [0.3, 0.4) is 0 Å². The Labute approximate surface area is 139 Å². The van der Waals surface area contributed by atoms with Crippen LogP contribution in [0.4, 0.5) is 0 Å². The van der Waals surface area contributed by atoms with Gasteiger partial charge in [-0.25, -0.2) is 4.98 Å². The molecule has 0 bridgehead atoms. The SMILES string of the molecule is C[C@@H](Sc1nc2ccc(Cl)cc2[nH]1)C(=O)NC1CCCCC1. The van der Waals surface area contributed by atoms with Crippen LogP contribution in [0, 0.1) is 0 Å². The minimum absolute atomic E-state index is 0.0930. The molecule has 0 saturated heterocycles. The van der Waals surface area contributed by atoms with Gasteiger partial charge >= 0.3 is 0 Å². The number of halogens is 1. The Balaban J connectivity index is 1.61. The first-order valence-electron chi connectivity index (χ1n) is 7.74. The topological polar surface area (TPSA) is 57.8 Å². The Bertz CT molecular complexity index is 666. The van der Waals surface area contributed by atoms with E-state index in [1.807, 2.05) is 25.1 Å². The lowest BCUT2D eigenvalue weighted by Gasteiger charge is -2.24. The van der Waals surface area contributed by atoms with Crippen molar-refractivity contribution < 1.29 is 4.79 Å². The van der Waals surface area contributed by atoms with Gasteiger partial charge in [-0.05, 0) is 38.0 Å². The number of aromatic amines is 1. The lowest BCUT2D eigenvalue weighted by Crippen LogP contribution is -2.40. The number of H-pyrrole nitrogens is 1. The fourth-order valence-corrected chi connectivity index (χ4v) is 3.80. The first-order valence-corrected chi connectivity index (χ1v) is 9.00. The number of hydrogen-bond donors (Lipinski definition) is 2. The fraction of sp³-hybridized carbons (Fsp3) is 0.500. The Morgan fingerprint density at radius 1 is 1.41 bits per heavy atom. The summed E-state index contributed by atoms with van der Waals surface area (Å²) in [6.45, 7) is 1.92. The van der Waals surface area contributed by atoms with Gasteiger partial charge in [0, 0.05) is 11.1 Å². The smallest absolute Gasteiger partial charge is 0.233 e. The lowest BCUT2D eigenvalue weighted by molar-refractivity contribution is -0.121. The van der Waals surface area contributed by atoms with Gasteiger partial charge in [-0.15, -0.1) is 0 Å². The zero-order chi connectivity index (χ0) is 15.5. The molecule has 0 unspecified atom stereocenters. The van der Waals surface area contributed by atoms with Crippen LogP contribution in [-0.4, -0.2) is 27.2 Å². The van der Waals surface area contributed by atoms with Crippen LogP contribution < -0.4 is 5.32 Å². The van der Waals surface area contributed by atoms with E-state index in [-0.39, 0.29) is 11.2 Å². The summed E-state index contributed by atoms with van der Waals surface area (Å²) in [7, 11) is 0. The first kappa shape index (κ1) is 15.7. The van der Waals surface area contributed by atoms with E-state index >= 15 is 0 Å². The number of imidazole rings is 1. The van der Waals surface area contributed by atoms with Crippen molar-refractivity contribution >= 4 is 40.3 Å². The summed E-state index contributed by atoms with van der Waals surface area (Å²) in [6, 6.07) is 5.89. The van der Waals surface area contributed by atoms with Gasteiger partial charge in [0.15, 0.2) is 5.16 Å². The molecule has 6 heteroatoms. The number of fused-ring (bicyclic) bond motifs is 1. The van der Waals surface area contributed by atoms with Crippen molar-refractivity contribution in [2.45, 2.75) is 55.5 Å². The molecule has 1 amide bonds. The van der Waals surface area contributed by atoms with Gasteiger partial charge in [-0.3, -0.25) is 4.79 Å². The summed E-state index contributed by atoms with van der Waals surface area (Å²) < 4.78 is 0. The molecule has 22 heavy (non-hydrogen) atoms. The largest absolute Gasteiger partial charge is 0.352 e. The van der Waals surface area contributed by atoms with E-state index in [2.05, 4.69) is 15.3 Å². The second-order valence-electron chi connectivity index (χ2n) is 5.81. The third kappa shape index (κ3) is 3.76. The molecule has 2 aromatic rings. The van der Waals surface area contributed by atoms with Crippen LogP contribution in [-0.2, 0) is 4.79 Å². The molecule has 1 aromatic carbocycles. The van der Waals surface area contributed by atoms with Crippen LogP contribution in [0.1, 0.15) is 39.0 Å². The van der Waals surface area contributed by atoms with Gasteiger partial charge in [0.25, 0.3) is 0 Å². The maximum absolute atomic E-state index is 12.3. The maximum atomic E-state index is 12.3. The average Bonchev–Trinajstić information content (AvgIpc) is 2.89. The Kier molecular flexibility index (Phi) is 4.93. The molecule has 1 saturated carbocycles. The summed E-state index contributed by atoms with van der Waals surface area (Å²) >= 11 is 7.42. The molecule has 3 rings (SSSR count). The summed E-state index contributed by atoms with van der Waals surface area (Å²) in [5, 5.41) is 4.42. The average molecular weight is 338 g/mol. The maximum Gasteiger partial charge on any atom is 0.233 e. The van der Waals surface area contributed by atoms with Crippen molar-refractivity contribution in [2.75, 3.05) is 0 Å². The van der Waals surface area contributed by atoms with Crippen LogP contribution in [0.25, 0.3) is 11.0 Å². The number of rotatable bonds is 4. The highest BCUT2D eigenvalue weighted by molar-refractivity contribution is 8.00. The summed E-state index contributed by atoms with van der Waals surface area (Å²) in [6.07, 6.45) is 5.93. The van der Waals surface area contributed by atoms with Crippen LogP contribution >= 0.6 is 23.4 Å². The molecule has 1 aliphatic carbocycles. The first-order chi connectivity index (χ1) is 10.6. The molecule has 1 atom stereocenters. The van der Waals surface area contributed by atoms with Crippen molar-refractivity contribution in [2.24, 2.45) is 0 Å². The number of carbonyl (C=O) groups excluding carboxylic acids is 1. The van der Waals surface area contributed by atoms with Gasteiger partial charge in [-0.1, -0.05) is 42.6 Å². The number of hydrogen-bond acceptors (Lipinski definition) is 3. The van der Waals surface area contributed by atoms with E-state index in [4.69, 9.17) is 11.6 Å². The molecule has 1 fully saturated rings. The van der Waals surface area contributed by atoms with Gasteiger partial charge in [0.2, 0.25) is 5.91 Å². The quantitative estimate of drug-likeness (QED) is 0.824.